The number of halogens is 6. The number of β-amino-alcohol motifs (C(OH)–C–C–N with tert-alkyl or cyclic N) is 2. The van der Waals surface area contributed by atoms with Crippen LogP contribution in [0.4, 0.5) is 32.2 Å². The van der Waals surface area contributed by atoms with Crippen molar-refractivity contribution in [2.75, 3.05) is 18.0 Å². The predicted molar refractivity (Wildman–Crippen MR) is 128 cm³/mol. The topological polar surface area (TPSA) is 108 Å². The smallest absolute Gasteiger partial charge is 0.389 e. The first kappa shape index (κ1) is 28.4. The molecule has 3 aromatic rings. The number of carbonyl (C=O) groups excluding carboxylic acids is 1. The summed E-state index contributed by atoms with van der Waals surface area (Å²) in [4.78, 5) is 31.8. The zero-order valence-electron chi connectivity index (χ0n) is 20.6. The number of nitrogens with zero attached hydrogens (tertiary/aromatic N) is 3. The van der Waals surface area contributed by atoms with Crippen LogP contribution >= 0.6 is 0 Å². The van der Waals surface area contributed by atoms with Crippen LogP contribution in [0.1, 0.15) is 30.6 Å². The molecule has 0 saturated carbocycles. The molecule has 210 valence electrons. The average molecular weight is 558 g/mol. The Balaban J connectivity index is 1.92. The highest BCUT2D eigenvalue weighted by Gasteiger charge is 2.41. The summed E-state index contributed by atoms with van der Waals surface area (Å²) in [6.07, 6.45) is -6.92. The number of aliphatic hydroxyl groups is 2. The third-order valence-electron chi connectivity index (χ3n) is 6.29. The Hall–Kier alpha value is -3.65. The minimum atomic E-state index is -4.84. The van der Waals surface area contributed by atoms with Crippen LogP contribution < -0.4 is 15.6 Å². The number of pyridine rings is 2. The van der Waals surface area contributed by atoms with Gasteiger partial charge in [-0.2, -0.15) is 13.2 Å². The average Bonchev–Trinajstić information content (AvgIpc) is 3.16. The molecule has 0 spiro atoms. The monoisotopic (exact) mass is 558 g/mol. The van der Waals surface area contributed by atoms with Gasteiger partial charge in [-0.25, -0.2) is 18.2 Å². The molecule has 2 aromatic heterocycles. The lowest BCUT2D eigenvalue weighted by atomic mass is 10.0. The fourth-order valence-corrected chi connectivity index (χ4v) is 4.40. The number of amides is 1. The number of hydrogen-bond acceptors (Lipinski definition) is 6. The van der Waals surface area contributed by atoms with Crippen molar-refractivity contribution in [3.8, 4) is 5.69 Å². The van der Waals surface area contributed by atoms with Gasteiger partial charge < -0.3 is 20.4 Å². The quantitative estimate of drug-likeness (QED) is 0.402. The summed E-state index contributed by atoms with van der Waals surface area (Å²) in [7, 11) is 0. The number of nitrogens with one attached hydrogen (secondary N) is 1. The zero-order valence-corrected chi connectivity index (χ0v) is 20.6. The summed E-state index contributed by atoms with van der Waals surface area (Å²) in [5, 5.41) is 21.1. The van der Waals surface area contributed by atoms with Crippen LogP contribution in [0.2, 0.25) is 0 Å². The number of fused-ring (bicyclic) bond motifs is 1. The number of aliphatic hydroxyl groups excluding tert-OH is 2. The normalized spacial score (nSPS) is 18.7. The first-order valence-corrected chi connectivity index (χ1v) is 11.9. The Kier molecular flexibility index (Phi) is 7.63. The van der Waals surface area contributed by atoms with Crippen LogP contribution in [0.5, 0.6) is 0 Å². The van der Waals surface area contributed by atoms with Crippen molar-refractivity contribution in [1.29, 1.82) is 0 Å². The van der Waals surface area contributed by atoms with E-state index in [4.69, 9.17) is 0 Å². The third kappa shape index (κ3) is 5.71. The number of benzene rings is 1. The number of anilines is 1. The molecule has 0 bridgehead atoms. The highest BCUT2D eigenvalue weighted by Crippen LogP contribution is 2.28. The van der Waals surface area contributed by atoms with Gasteiger partial charge in [-0.3, -0.25) is 14.2 Å². The fourth-order valence-electron chi connectivity index (χ4n) is 4.40. The van der Waals surface area contributed by atoms with Gasteiger partial charge in [0.05, 0.1) is 17.6 Å². The molecule has 1 saturated heterocycles. The Morgan fingerprint density at radius 1 is 1.10 bits per heavy atom. The van der Waals surface area contributed by atoms with E-state index >= 15 is 0 Å². The van der Waals surface area contributed by atoms with Crippen LogP contribution in [0.3, 0.4) is 0 Å². The number of alkyl halides is 3. The first-order valence-electron chi connectivity index (χ1n) is 11.9. The molecule has 1 aromatic carbocycles. The van der Waals surface area contributed by atoms with E-state index in [0.29, 0.717) is 22.9 Å². The Morgan fingerprint density at radius 3 is 2.23 bits per heavy atom. The van der Waals surface area contributed by atoms with E-state index in [1.54, 1.807) is 5.32 Å². The molecule has 4 rings (SSSR count). The number of aromatic nitrogens is 2. The SMILES string of the molecule is CC(C)C[C@H](NC(=O)c1cn(-c2c(F)cc(F)cc2F)c2nc(N3C[C@@H](O)[C@H](O)C3)ccc2c1=O)C(F)(F)F. The van der Waals surface area contributed by atoms with Gasteiger partial charge in [0, 0.05) is 31.4 Å². The summed E-state index contributed by atoms with van der Waals surface area (Å²) >= 11 is 0. The Bertz CT molecular complexity index is 1440. The second-order valence-electron chi connectivity index (χ2n) is 9.74. The van der Waals surface area contributed by atoms with E-state index in [2.05, 4.69) is 4.98 Å². The van der Waals surface area contributed by atoms with Gasteiger partial charge >= 0.3 is 6.18 Å². The van der Waals surface area contributed by atoms with Crippen molar-refractivity contribution in [3.63, 3.8) is 0 Å². The molecule has 1 aliphatic rings. The van der Waals surface area contributed by atoms with E-state index in [9.17, 15) is 46.1 Å². The molecule has 0 aliphatic carbocycles. The minimum Gasteiger partial charge on any atom is -0.389 e. The molecular formula is C25H24F6N4O4. The van der Waals surface area contributed by atoms with Crippen LogP contribution in [-0.2, 0) is 0 Å². The highest BCUT2D eigenvalue weighted by molar-refractivity contribution is 5.97. The summed E-state index contributed by atoms with van der Waals surface area (Å²) in [6.45, 7) is 2.90. The molecule has 8 nitrogen and oxygen atoms in total. The van der Waals surface area contributed by atoms with Crippen molar-refractivity contribution in [2.24, 2.45) is 5.92 Å². The summed E-state index contributed by atoms with van der Waals surface area (Å²) in [5.74, 6) is -5.95. The van der Waals surface area contributed by atoms with E-state index in [1.807, 2.05) is 0 Å². The van der Waals surface area contributed by atoms with Crippen LogP contribution in [-0.4, -0.2) is 63.2 Å². The molecule has 3 heterocycles. The lowest BCUT2D eigenvalue weighted by molar-refractivity contribution is -0.156. The van der Waals surface area contributed by atoms with E-state index < -0.39 is 82.5 Å². The summed E-state index contributed by atoms with van der Waals surface area (Å²) in [5.41, 5.74) is -3.25. The molecule has 3 N–H and O–H groups in total. The first-order chi connectivity index (χ1) is 18.2. The van der Waals surface area contributed by atoms with Crippen molar-refractivity contribution < 1.29 is 41.4 Å². The fraction of sp³-hybridized carbons (Fsp3) is 0.400. The molecule has 1 amide bonds. The van der Waals surface area contributed by atoms with Gasteiger partial charge in [-0.05, 0) is 24.5 Å². The Morgan fingerprint density at radius 2 is 1.69 bits per heavy atom. The molecule has 1 fully saturated rings. The largest absolute Gasteiger partial charge is 0.408 e. The number of rotatable bonds is 6. The standard InChI is InChI=1S/C25H24F6N4O4/c1-11(2)5-19(25(29,30)31)32-24(39)14-8-35(21-15(27)6-12(26)7-16(21)28)23-13(22(14)38)3-4-20(33-23)34-9-17(36)18(37)10-34/h3-4,6-8,11,17-19,36-37H,5,9-10H2,1-2H3,(H,32,39)/t17-,18-,19+/m1/s1. The van der Waals surface area contributed by atoms with Gasteiger partial charge in [0.1, 0.15) is 28.9 Å². The van der Waals surface area contributed by atoms with Crippen molar-refractivity contribution in [1.82, 2.24) is 14.9 Å². The minimum absolute atomic E-state index is 0.0572. The maximum Gasteiger partial charge on any atom is 0.408 e. The van der Waals surface area contributed by atoms with E-state index in [0.717, 1.165) is 6.07 Å². The highest BCUT2D eigenvalue weighted by atomic mass is 19.4. The molecule has 0 unspecified atom stereocenters. The molecule has 3 atom stereocenters. The Labute approximate surface area is 217 Å². The lowest BCUT2D eigenvalue weighted by Crippen LogP contribution is -2.47. The molecule has 39 heavy (non-hydrogen) atoms. The van der Waals surface area contributed by atoms with Crippen LogP contribution in [0, 0.1) is 23.4 Å². The van der Waals surface area contributed by atoms with Gasteiger partial charge in [-0.1, -0.05) is 13.8 Å². The van der Waals surface area contributed by atoms with Gasteiger partial charge in [0.15, 0.2) is 17.3 Å². The van der Waals surface area contributed by atoms with Gasteiger partial charge in [-0.15, -0.1) is 0 Å². The van der Waals surface area contributed by atoms with Crippen molar-refractivity contribution in [3.05, 3.63) is 63.7 Å². The van der Waals surface area contributed by atoms with Crippen molar-refractivity contribution in [2.45, 2.75) is 44.7 Å². The molecule has 0 radical (unpaired) electrons. The maximum absolute atomic E-state index is 14.8. The summed E-state index contributed by atoms with van der Waals surface area (Å²) in [6, 6.07) is 0.832. The van der Waals surface area contributed by atoms with Crippen LogP contribution in [0.15, 0.2) is 35.3 Å². The van der Waals surface area contributed by atoms with Gasteiger partial charge in [0.2, 0.25) is 5.43 Å². The summed E-state index contributed by atoms with van der Waals surface area (Å²) < 4.78 is 84.6. The van der Waals surface area contributed by atoms with Crippen LogP contribution in [0.25, 0.3) is 16.7 Å². The van der Waals surface area contributed by atoms with E-state index in [-0.39, 0.29) is 24.3 Å². The second kappa shape index (κ2) is 10.5. The second-order valence-corrected chi connectivity index (χ2v) is 9.74. The predicted octanol–water partition coefficient (Wildman–Crippen LogP) is 3.05. The maximum atomic E-state index is 14.8. The number of hydrogen-bond donors (Lipinski definition) is 3. The van der Waals surface area contributed by atoms with E-state index in [1.165, 1.54) is 24.8 Å². The number of carbonyl (C=O) groups is 1. The third-order valence-corrected chi connectivity index (χ3v) is 6.29. The molecule has 1 aliphatic heterocycles. The lowest BCUT2D eigenvalue weighted by Gasteiger charge is -2.23. The zero-order chi connectivity index (χ0) is 28.8. The molecular weight excluding hydrogens is 534 g/mol. The van der Waals surface area contributed by atoms with Crippen molar-refractivity contribution >= 4 is 22.8 Å². The van der Waals surface area contributed by atoms with Gasteiger partial charge in [0.25, 0.3) is 5.91 Å². The molecule has 14 heteroatoms.